The van der Waals surface area contributed by atoms with Crippen LogP contribution in [0.3, 0.4) is 0 Å². The third-order valence-electron chi connectivity index (χ3n) is 3.85. The van der Waals surface area contributed by atoms with Crippen LogP contribution in [0.5, 0.6) is 0 Å². The molecule has 2 amide bonds. The van der Waals surface area contributed by atoms with E-state index in [1.807, 2.05) is 26.2 Å². The van der Waals surface area contributed by atoms with Gasteiger partial charge < -0.3 is 15.4 Å². The summed E-state index contributed by atoms with van der Waals surface area (Å²) in [6, 6.07) is 3.29. The standard InChI is InChI=1S/C16H21N5O2/c1-11-8-13(5-6-17-11)19-16(22)20-14-4-3-7-23-15(14)12-9-18-21(2)10-12/h5-6,8-10,14-15H,3-4,7H2,1-2H3,(H2,17,19,20,22)/t14-,15+/m0/s1. The Balaban J connectivity index is 1.65. The maximum absolute atomic E-state index is 12.3. The lowest BCUT2D eigenvalue weighted by Crippen LogP contribution is -2.44. The summed E-state index contributed by atoms with van der Waals surface area (Å²) in [4.78, 5) is 16.4. The Labute approximate surface area is 135 Å². The Morgan fingerprint density at radius 1 is 1.48 bits per heavy atom. The van der Waals surface area contributed by atoms with Crippen LogP contribution < -0.4 is 10.6 Å². The van der Waals surface area contributed by atoms with Crippen molar-refractivity contribution in [3.63, 3.8) is 0 Å². The number of aromatic nitrogens is 3. The second kappa shape index (κ2) is 6.78. The molecule has 2 atom stereocenters. The van der Waals surface area contributed by atoms with Crippen molar-refractivity contribution >= 4 is 11.7 Å². The molecule has 0 aliphatic carbocycles. The van der Waals surface area contributed by atoms with Gasteiger partial charge in [0.2, 0.25) is 0 Å². The maximum Gasteiger partial charge on any atom is 0.319 e. The Kier molecular flexibility index (Phi) is 4.57. The van der Waals surface area contributed by atoms with Crippen LogP contribution in [0.4, 0.5) is 10.5 Å². The number of ether oxygens (including phenoxy) is 1. The second-order valence-corrected chi connectivity index (χ2v) is 5.77. The van der Waals surface area contributed by atoms with Gasteiger partial charge in [-0.25, -0.2) is 4.79 Å². The highest BCUT2D eigenvalue weighted by molar-refractivity contribution is 5.89. The molecule has 0 aromatic carbocycles. The molecule has 7 heteroatoms. The number of nitrogens with zero attached hydrogens (tertiary/aromatic N) is 3. The number of anilines is 1. The SMILES string of the molecule is Cc1cc(NC(=O)N[C@H]2CCCO[C@@H]2c2cnn(C)c2)ccn1. The molecule has 0 bridgehead atoms. The van der Waals surface area contributed by atoms with Gasteiger partial charge in [0.1, 0.15) is 6.10 Å². The normalized spacial score (nSPS) is 21.0. The van der Waals surface area contributed by atoms with Gasteiger partial charge in [-0.2, -0.15) is 5.10 Å². The van der Waals surface area contributed by atoms with E-state index in [1.165, 1.54) is 0 Å². The van der Waals surface area contributed by atoms with Crippen molar-refractivity contribution < 1.29 is 9.53 Å². The highest BCUT2D eigenvalue weighted by Crippen LogP contribution is 2.28. The Bertz CT molecular complexity index is 685. The van der Waals surface area contributed by atoms with Crippen molar-refractivity contribution in [2.24, 2.45) is 7.05 Å². The number of urea groups is 1. The lowest BCUT2D eigenvalue weighted by atomic mass is 9.98. The van der Waals surface area contributed by atoms with Crippen LogP contribution in [0, 0.1) is 6.92 Å². The quantitative estimate of drug-likeness (QED) is 0.909. The molecule has 2 aromatic heterocycles. The first-order valence-corrected chi connectivity index (χ1v) is 7.72. The molecular formula is C16H21N5O2. The van der Waals surface area contributed by atoms with E-state index in [0.717, 1.165) is 29.8 Å². The van der Waals surface area contributed by atoms with Crippen LogP contribution in [0.2, 0.25) is 0 Å². The first kappa shape index (κ1) is 15.5. The van der Waals surface area contributed by atoms with Gasteiger partial charge in [0.15, 0.2) is 0 Å². The highest BCUT2D eigenvalue weighted by Gasteiger charge is 2.29. The lowest BCUT2D eigenvalue weighted by molar-refractivity contribution is -0.00700. The van der Waals surface area contributed by atoms with Gasteiger partial charge in [0, 0.05) is 43.0 Å². The van der Waals surface area contributed by atoms with Crippen molar-refractivity contribution in [1.29, 1.82) is 0 Å². The van der Waals surface area contributed by atoms with Crippen molar-refractivity contribution in [3.8, 4) is 0 Å². The fourth-order valence-electron chi connectivity index (χ4n) is 2.80. The van der Waals surface area contributed by atoms with Gasteiger partial charge in [-0.15, -0.1) is 0 Å². The molecule has 23 heavy (non-hydrogen) atoms. The van der Waals surface area contributed by atoms with Gasteiger partial charge in [-0.05, 0) is 31.9 Å². The number of rotatable bonds is 3. The topological polar surface area (TPSA) is 81.1 Å². The summed E-state index contributed by atoms with van der Waals surface area (Å²) < 4.78 is 7.59. The molecule has 2 N–H and O–H groups in total. The summed E-state index contributed by atoms with van der Waals surface area (Å²) in [7, 11) is 1.87. The van der Waals surface area contributed by atoms with Gasteiger partial charge in [-0.3, -0.25) is 9.67 Å². The van der Waals surface area contributed by atoms with Crippen LogP contribution in [-0.2, 0) is 11.8 Å². The first-order valence-electron chi connectivity index (χ1n) is 7.72. The number of amides is 2. The lowest BCUT2D eigenvalue weighted by Gasteiger charge is -2.31. The number of nitrogens with one attached hydrogen (secondary N) is 2. The summed E-state index contributed by atoms with van der Waals surface area (Å²) in [6.45, 7) is 2.58. The predicted octanol–water partition coefficient (Wildman–Crippen LogP) is 2.17. The summed E-state index contributed by atoms with van der Waals surface area (Å²) >= 11 is 0. The number of hydrogen-bond donors (Lipinski definition) is 2. The maximum atomic E-state index is 12.3. The van der Waals surface area contributed by atoms with E-state index < -0.39 is 0 Å². The van der Waals surface area contributed by atoms with Gasteiger partial charge in [-0.1, -0.05) is 0 Å². The van der Waals surface area contributed by atoms with E-state index >= 15 is 0 Å². The van der Waals surface area contributed by atoms with E-state index in [-0.39, 0.29) is 18.2 Å². The van der Waals surface area contributed by atoms with Crippen LogP contribution in [-0.4, -0.2) is 33.4 Å². The molecule has 3 rings (SSSR count). The molecule has 1 aliphatic heterocycles. The summed E-state index contributed by atoms with van der Waals surface area (Å²) in [5, 5.41) is 10.0. The number of pyridine rings is 1. The summed E-state index contributed by atoms with van der Waals surface area (Å²) in [5.41, 5.74) is 2.57. The van der Waals surface area contributed by atoms with Gasteiger partial charge in [0.05, 0.1) is 12.2 Å². The zero-order valence-electron chi connectivity index (χ0n) is 13.3. The molecule has 1 fully saturated rings. The van der Waals surface area contributed by atoms with E-state index in [2.05, 4.69) is 20.7 Å². The van der Waals surface area contributed by atoms with Crippen molar-refractivity contribution in [2.75, 3.05) is 11.9 Å². The number of carbonyl (C=O) groups excluding carboxylic acids is 1. The molecule has 1 aliphatic rings. The molecule has 0 unspecified atom stereocenters. The van der Waals surface area contributed by atoms with Crippen LogP contribution in [0.1, 0.15) is 30.2 Å². The number of carbonyl (C=O) groups is 1. The number of aryl methyl sites for hydroxylation is 2. The number of hydrogen-bond acceptors (Lipinski definition) is 4. The van der Waals surface area contributed by atoms with E-state index in [4.69, 9.17) is 4.74 Å². The second-order valence-electron chi connectivity index (χ2n) is 5.77. The smallest absolute Gasteiger partial charge is 0.319 e. The van der Waals surface area contributed by atoms with Crippen LogP contribution >= 0.6 is 0 Å². The Morgan fingerprint density at radius 2 is 2.35 bits per heavy atom. The van der Waals surface area contributed by atoms with E-state index in [9.17, 15) is 4.79 Å². The van der Waals surface area contributed by atoms with Gasteiger partial charge >= 0.3 is 6.03 Å². The van der Waals surface area contributed by atoms with Crippen molar-refractivity contribution in [3.05, 3.63) is 42.0 Å². The minimum Gasteiger partial charge on any atom is -0.371 e. The minimum atomic E-state index is -0.236. The fourth-order valence-corrected chi connectivity index (χ4v) is 2.80. The van der Waals surface area contributed by atoms with Crippen molar-refractivity contribution in [2.45, 2.75) is 31.9 Å². The molecule has 0 spiro atoms. The predicted molar refractivity (Wildman–Crippen MR) is 86.1 cm³/mol. The molecule has 1 saturated heterocycles. The highest BCUT2D eigenvalue weighted by atomic mass is 16.5. The van der Waals surface area contributed by atoms with Gasteiger partial charge in [0.25, 0.3) is 0 Å². The first-order chi connectivity index (χ1) is 11.1. The summed E-state index contributed by atoms with van der Waals surface area (Å²) in [5.74, 6) is 0. The zero-order valence-corrected chi connectivity index (χ0v) is 13.3. The van der Waals surface area contributed by atoms with Crippen molar-refractivity contribution in [1.82, 2.24) is 20.1 Å². The molecule has 122 valence electrons. The molecule has 2 aromatic rings. The fraction of sp³-hybridized carbons (Fsp3) is 0.438. The third kappa shape index (κ3) is 3.87. The largest absolute Gasteiger partial charge is 0.371 e. The third-order valence-corrected chi connectivity index (χ3v) is 3.85. The average Bonchev–Trinajstić information content (AvgIpc) is 2.94. The molecule has 0 radical (unpaired) electrons. The van der Waals surface area contributed by atoms with E-state index in [0.29, 0.717) is 6.61 Å². The monoisotopic (exact) mass is 315 g/mol. The molecule has 3 heterocycles. The van der Waals surface area contributed by atoms with Crippen LogP contribution in [0.15, 0.2) is 30.7 Å². The van der Waals surface area contributed by atoms with Crippen LogP contribution in [0.25, 0.3) is 0 Å². The molecular weight excluding hydrogens is 294 g/mol. The van der Waals surface area contributed by atoms with E-state index in [1.54, 1.807) is 23.1 Å². The molecule has 0 saturated carbocycles. The summed E-state index contributed by atoms with van der Waals surface area (Å²) in [6.07, 6.45) is 7.03. The Hall–Kier alpha value is -2.41. The molecule has 7 nitrogen and oxygen atoms in total. The zero-order chi connectivity index (χ0) is 16.2. The minimum absolute atomic E-state index is 0.0733. The average molecular weight is 315 g/mol. The Morgan fingerprint density at radius 3 is 3.09 bits per heavy atom.